The van der Waals surface area contributed by atoms with E-state index in [0.717, 1.165) is 29.8 Å². The molecule has 3 aromatic carbocycles. The van der Waals surface area contributed by atoms with Gasteiger partial charge in [-0.1, -0.05) is 42.5 Å². The second-order valence-electron chi connectivity index (χ2n) is 5.80. The predicted molar refractivity (Wildman–Crippen MR) is 96.6 cm³/mol. The molecule has 0 aliphatic heterocycles. The second kappa shape index (κ2) is 7.95. The molecule has 0 spiro atoms. The van der Waals surface area contributed by atoms with E-state index in [0.29, 0.717) is 18.0 Å². The van der Waals surface area contributed by atoms with E-state index in [1.165, 1.54) is 0 Å². The Kier molecular flexibility index (Phi) is 5.45. The van der Waals surface area contributed by atoms with E-state index in [1.54, 1.807) is 24.3 Å². The van der Waals surface area contributed by atoms with Gasteiger partial charge in [-0.2, -0.15) is 13.2 Å². The number of nitrogens with one attached hydrogen (secondary N) is 1. The average molecular weight is 371 g/mol. The third-order valence-electron chi connectivity index (χ3n) is 3.85. The zero-order valence-corrected chi connectivity index (χ0v) is 14.2. The summed E-state index contributed by atoms with van der Waals surface area (Å²) in [4.78, 5) is 12.4. The molecule has 0 atom stereocenters. The van der Waals surface area contributed by atoms with Crippen LogP contribution in [0.25, 0.3) is 0 Å². The summed E-state index contributed by atoms with van der Waals surface area (Å²) in [6.45, 7) is 0.327. The molecule has 0 heterocycles. The number of hydrogen-bond donors (Lipinski definition) is 1. The van der Waals surface area contributed by atoms with Crippen molar-refractivity contribution in [2.24, 2.45) is 0 Å². The normalized spacial score (nSPS) is 11.1. The quantitative estimate of drug-likeness (QED) is 0.640. The van der Waals surface area contributed by atoms with Crippen molar-refractivity contribution in [3.8, 4) is 5.75 Å². The smallest absolute Gasteiger partial charge is 0.416 e. The van der Waals surface area contributed by atoms with Crippen LogP contribution in [0.3, 0.4) is 0 Å². The van der Waals surface area contributed by atoms with Gasteiger partial charge >= 0.3 is 6.18 Å². The van der Waals surface area contributed by atoms with Crippen molar-refractivity contribution >= 4 is 11.6 Å². The summed E-state index contributed by atoms with van der Waals surface area (Å²) in [5, 5.41) is 2.68. The first kappa shape index (κ1) is 18.5. The van der Waals surface area contributed by atoms with Crippen LogP contribution in [0.2, 0.25) is 0 Å². The Morgan fingerprint density at radius 1 is 0.852 bits per heavy atom. The van der Waals surface area contributed by atoms with Crippen molar-refractivity contribution < 1.29 is 22.7 Å². The van der Waals surface area contributed by atoms with Crippen LogP contribution in [0.15, 0.2) is 78.9 Å². The van der Waals surface area contributed by atoms with Gasteiger partial charge in [0.15, 0.2) is 0 Å². The van der Waals surface area contributed by atoms with Gasteiger partial charge in [-0.25, -0.2) is 0 Å². The summed E-state index contributed by atoms with van der Waals surface area (Å²) in [5.74, 6) is -0.0406. The van der Waals surface area contributed by atoms with Crippen molar-refractivity contribution in [1.29, 1.82) is 0 Å². The summed E-state index contributed by atoms with van der Waals surface area (Å²) < 4.78 is 43.6. The minimum absolute atomic E-state index is 0.126. The number of alkyl halides is 3. The van der Waals surface area contributed by atoms with E-state index in [1.807, 2.05) is 30.3 Å². The second-order valence-corrected chi connectivity index (χ2v) is 5.80. The SMILES string of the molecule is O=C(Nc1ccccc1OCc1ccccc1)c1ccc(C(F)(F)F)cc1. The molecule has 3 rings (SSSR count). The Hall–Kier alpha value is -3.28. The summed E-state index contributed by atoms with van der Waals surface area (Å²) in [7, 11) is 0. The number of hydrogen-bond acceptors (Lipinski definition) is 2. The van der Waals surface area contributed by atoms with E-state index in [-0.39, 0.29) is 5.56 Å². The van der Waals surface area contributed by atoms with Crippen LogP contribution in [-0.4, -0.2) is 5.91 Å². The van der Waals surface area contributed by atoms with Gasteiger partial charge in [-0.15, -0.1) is 0 Å². The molecule has 27 heavy (non-hydrogen) atoms. The Balaban J connectivity index is 1.71. The Morgan fingerprint density at radius 2 is 1.48 bits per heavy atom. The summed E-state index contributed by atoms with van der Waals surface area (Å²) in [6, 6.07) is 20.5. The van der Waals surface area contributed by atoms with E-state index >= 15 is 0 Å². The van der Waals surface area contributed by atoms with Gasteiger partial charge in [-0.3, -0.25) is 4.79 Å². The molecule has 138 valence electrons. The highest BCUT2D eigenvalue weighted by Gasteiger charge is 2.30. The fourth-order valence-corrected chi connectivity index (χ4v) is 2.44. The highest BCUT2D eigenvalue weighted by molar-refractivity contribution is 6.05. The van der Waals surface area contributed by atoms with Gasteiger partial charge in [0.05, 0.1) is 11.3 Å². The number of carbonyl (C=O) groups is 1. The van der Waals surface area contributed by atoms with Gasteiger partial charge in [0.2, 0.25) is 0 Å². The molecule has 0 aromatic heterocycles. The number of anilines is 1. The number of rotatable bonds is 5. The minimum atomic E-state index is -4.44. The number of para-hydroxylation sites is 2. The first-order valence-electron chi connectivity index (χ1n) is 8.18. The zero-order valence-electron chi connectivity index (χ0n) is 14.2. The van der Waals surface area contributed by atoms with Crippen LogP contribution in [0, 0.1) is 0 Å². The van der Waals surface area contributed by atoms with Crippen LogP contribution in [0.5, 0.6) is 5.75 Å². The minimum Gasteiger partial charge on any atom is -0.487 e. The van der Waals surface area contributed by atoms with E-state index in [9.17, 15) is 18.0 Å². The number of amides is 1. The maximum absolute atomic E-state index is 12.6. The highest BCUT2D eigenvalue weighted by Crippen LogP contribution is 2.29. The summed E-state index contributed by atoms with van der Waals surface area (Å²) >= 11 is 0. The first-order valence-corrected chi connectivity index (χ1v) is 8.18. The van der Waals surface area contributed by atoms with Crippen LogP contribution in [0.1, 0.15) is 21.5 Å². The molecule has 3 aromatic rings. The molecule has 6 heteroatoms. The Labute approximate surface area is 154 Å². The fraction of sp³-hybridized carbons (Fsp3) is 0.0952. The van der Waals surface area contributed by atoms with Crippen molar-refractivity contribution in [3.05, 3.63) is 95.6 Å². The molecule has 0 aliphatic rings. The molecule has 0 fully saturated rings. The van der Waals surface area contributed by atoms with E-state index in [2.05, 4.69) is 5.32 Å². The Bertz CT molecular complexity index is 907. The van der Waals surface area contributed by atoms with Crippen molar-refractivity contribution in [2.45, 2.75) is 12.8 Å². The van der Waals surface area contributed by atoms with Crippen molar-refractivity contribution in [2.75, 3.05) is 5.32 Å². The number of carbonyl (C=O) groups excluding carboxylic acids is 1. The van der Waals surface area contributed by atoms with Crippen molar-refractivity contribution in [3.63, 3.8) is 0 Å². The molecule has 0 aliphatic carbocycles. The topological polar surface area (TPSA) is 38.3 Å². The van der Waals surface area contributed by atoms with Crippen LogP contribution < -0.4 is 10.1 Å². The molecule has 0 radical (unpaired) electrons. The van der Waals surface area contributed by atoms with E-state index < -0.39 is 17.6 Å². The van der Waals surface area contributed by atoms with Crippen LogP contribution >= 0.6 is 0 Å². The van der Waals surface area contributed by atoms with Crippen LogP contribution in [0.4, 0.5) is 18.9 Å². The molecular weight excluding hydrogens is 355 g/mol. The monoisotopic (exact) mass is 371 g/mol. The lowest BCUT2D eigenvalue weighted by Crippen LogP contribution is -2.13. The van der Waals surface area contributed by atoms with Crippen LogP contribution in [-0.2, 0) is 12.8 Å². The summed E-state index contributed by atoms with van der Waals surface area (Å²) in [6.07, 6.45) is -4.44. The lowest BCUT2D eigenvalue weighted by atomic mass is 10.1. The Morgan fingerprint density at radius 3 is 2.15 bits per heavy atom. The average Bonchev–Trinajstić information content (AvgIpc) is 2.67. The summed E-state index contributed by atoms with van der Waals surface area (Å²) in [5.41, 5.74) is 0.742. The van der Waals surface area contributed by atoms with E-state index in [4.69, 9.17) is 4.74 Å². The largest absolute Gasteiger partial charge is 0.487 e. The third kappa shape index (κ3) is 4.88. The van der Waals surface area contributed by atoms with Gasteiger partial charge in [0.1, 0.15) is 12.4 Å². The number of ether oxygens (including phenoxy) is 1. The zero-order chi connectivity index (χ0) is 19.3. The predicted octanol–water partition coefficient (Wildman–Crippen LogP) is 5.54. The molecule has 0 unspecified atom stereocenters. The third-order valence-corrected chi connectivity index (χ3v) is 3.85. The fourth-order valence-electron chi connectivity index (χ4n) is 2.44. The van der Waals surface area contributed by atoms with Crippen molar-refractivity contribution in [1.82, 2.24) is 0 Å². The van der Waals surface area contributed by atoms with Gasteiger partial charge in [0.25, 0.3) is 5.91 Å². The molecule has 0 saturated carbocycles. The highest BCUT2D eigenvalue weighted by atomic mass is 19.4. The maximum atomic E-state index is 12.6. The van der Waals surface area contributed by atoms with Gasteiger partial charge < -0.3 is 10.1 Å². The number of halogens is 3. The molecule has 0 saturated heterocycles. The molecule has 0 bridgehead atoms. The molecule has 1 N–H and O–H groups in total. The lowest BCUT2D eigenvalue weighted by molar-refractivity contribution is -0.137. The van der Waals surface area contributed by atoms with Gasteiger partial charge in [-0.05, 0) is 42.0 Å². The molecule has 3 nitrogen and oxygen atoms in total. The van der Waals surface area contributed by atoms with Gasteiger partial charge in [0, 0.05) is 5.56 Å². The maximum Gasteiger partial charge on any atom is 0.416 e. The standard InChI is InChI=1S/C21H16F3NO2/c22-21(23,24)17-12-10-16(11-13-17)20(26)25-18-8-4-5-9-19(18)27-14-15-6-2-1-3-7-15/h1-13H,14H2,(H,25,26). The lowest BCUT2D eigenvalue weighted by Gasteiger charge is -2.13. The molecule has 1 amide bonds. The number of benzene rings is 3. The molecular formula is C21H16F3NO2. The first-order chi connectivity index (χ1) is 12.9.